The van der Waals surface area contributed by atoms with Crippen molar-refractivity contribution in [3.8, 4) is 0 Å². The zero-order chi connectivity index (χ0) is 14.8. The van der Waals surface area contributed by atoms with Crippen molar-refractivity contribution in [2.75, 3.05) is 5.73 Å². The van der Waals surface area contributed by atoms with Crippen LogP contribution < -0.4 is 5.73 Å². The van der Waals surface area contributed by atoms with E-state index >= 15 is 0 Å². The molecule has 0 aliphatic heterocycles. The van der Waals surface area contributed by atoms with Gasteiger partial charge in [0.05, 0.1) is 11.5 Å². The number of nitrogen functional groups attached to an aromatic ring is 1. The Kier molecular flexibility index (Phi) is 4.58. The van der Waals surface area contributed by atoms with E-state index in [4.69, 9.17) is 28.9 Å². The van der Waals surface area contributed by atoms with Crippen LogP contribution in [0, 0.1) is 0 Å². The monoisotopic (exact) mass is 329 g/mol. The molecular formula is C14H13Cl2NO2S. The second kappa shape index (κ2) is 6.04. The van der Waals surface area contributed by atoms with Gasteiger partial charge in [-0.25, -0.2) is 8.42 Å². The summed E-state index contributed by atoms with van der Waals surface area (Å²) in [5.74, 6) is -0.259. The molecule has 6 heteroatoms. The highest BCUT2D eigenvalue weighted by Gasteiger charge is 2.16. The average molecular weight is 330 g/mol. The summed E-state index contributed by atoms with van der Waals surface area (Å²) >= 11 is 12.0. The van der Waals surface area contributed by atoms with Gasteiger partial charge in [-0.2, -0.15) is 0 Å². The predicted octanol–water partition coefficient (Wildman–Crippen LogP) is 3.69. The number of nitrogens with two attached hydrogens (primary N) is 1. The van der Waals surface area contributed by atoms with Gasteiger partial charge in [-0.1, -0.05) is 47.5 Å². The van der Waals surface area contributed by atoms with Crippen LogP contribution in [0.15, 0.2) is 42.5 Å². The third-order valence-corrected chi connectivity index (χ3v) is 5.01. The molecule has 2 N–H and O–H groups in total. The zero-order valence-corrected chi connectivity index (χ0v) is 12.8. The predicted molar refractivity (Wildman–Crippen MR) is 83.6 cm³/mol. The first kappa shape index (κ1) is 15.2. The van der Waals surface area contributed by atoms with Crippen LogP contribution in [0.5, 0.6) is 0 Å². The Morgan fingerprint density at radius 1 is 0.900 bits per heavy atom. The molecule has 0 aliphatic carbocycles. The van der Waals surface area contributed by atoms with Gasteiger partial charge < -0.3 is 5.73 Å². The Bertz CT molecular complexity index is 730. The Labute approximate surface area is 128 Å². The summed E-state index contributed by atoms with van der Waals surface area (Å²) in [7, 11) is -3.36. The smallest absolute Gasteiger partial charge is 0.158 e. The first-order valence-corrected chi connectivity index (χ1v) is 8.43. The minimum Gasteiger partial charge on any atom is -0.399 e. The number of halogens is 2. The third-order valence-electron chi connectivity index (χ3n) is 2.79. The van der Waals surface area contributed by atoms with Crippen LogP contribution in [-0.4, -0.2) is 8.42 Å². The maximum absolute atomic E-state index is 12.2. The lowest BCUT2D eigenvalue weighted by Gasteiger charge is -2.08. The summed E-state index contributed by atoms with van der Waals surface area (Å²) in [6.07, 6.45) is 0. The lowest BCUT2D eigenvalue weighted by Crippen LogP contribution is -2.08. The maximum atomic E-state index is 12.2. The molecule has 20 heavy (non-hydrogen) atoms. The van der Waals surface area contributed by atoms with Crippen LogP contribution in [0.25, 0.3) is 0 Å². The number of benzene rings is 2. The summed E-state index contributed by atoms with van der Waals surface area (Å²) in [6.45, 7) is 0. The molecular weight excluding hydrogens is 317 g/mol. The van der Waals surface area contributed by atoms with E-state index in [1.54, 1.807) is 42.5 Å². The van der Waals surface area contributed by atoms with Gasteiger partial charge in [-0.05, 0) is 29.3 Å². The van der Waals surface area contributed by atoms with Crippen molar-refractivity contribution in [1.82, 2.24) is 0 Å². The lowest BCUT2D eigenvalue weighted by atomic mass is 10.2. The second-order valence-corrected chi connectivity index (χ2v) is 7.35. The molecule has 2 rings (SSSR count). The molecule has 0 atom stereocenters. The quantitative estimate of drug-likeness (QED) is 0.870. The van der Waals surface area contributed by atoms with Crippen LogP contribution in [0.1, 0.15) is 11.1 Å². The third kappa shape index (κ3) is 3.88. The standard InChI is InChI=1S/C14H13Cl2NO2S/c15-13-4-2-1-3-10(13)8-20(18,19)9-11-5-6-12(17)7-14(11)16/h1-7H,8-9,17H2. The SMILES string of the molecule is Nc1ccc(CS(=O)(=O)Cc2ccccc2Cl)c(Cl)c1. The highest BCUT2D eigenvalue weighted by molar-refractivity contribution is 7.89. The maximum Gasteiger partial charge on any atom is 0.158 e. The molecule has 2 aromatic carbocycles. The summed E-state index contributed by atoms with van der Waals surface area (Å²) in [4.78, 5) is 0. The molecule has 0 spiro atoms. The zero-order valence-electron chi connectivity index (χ0n) is 10.5. The van der Waals surface area contributed by atoms with Gasteiger partial charge in [0.15, 0.2) is 9.84 Å². The highest BCUT2D eigenvalue weighted by atomic mass is 35.5. The van der Waals surface area contributed by atoms with E-state index in [-0.39, 0.29) is 11.5 Å². The topological polar surface area (TPSA) is 60.2 Å². The molecule has 0 bridgehead atoms. The van der Waals surface area contributed by atoms with Gasteiger partial charge >= 0.3 is 0 Å². The van der Waals surface area contributed by atoms with E-state index in [0.717, 1.165) is 0 Å². The Balaban J connectivity index is 2.22. The van der Waals surface area contributed by atoms with Gasteiger partial charge in [0.1, 0.15) is 0 Å². The van der Waals surface area contributed by atoms with Crippen molar-refractivity contribution >= 4 is 38.7 Å². The van der Waals surface area contributed by atoms with Crippen molar-refractivity contribution in [1.29, 1.82) is 0 Å². The van der Waals surface area contributed by atoms with Gasteiger partial charge in [0, 0.05) is 15.7 Å². The second-order valence-electron chi connectivity index (χ2n) is 4.47. The van der Waals surface area contributed by atoms with Crippen molar-refractivity contribution in [3.05, 3.63) is 63.6 Å². The Hall–Kier alpha value is -1.23. The molecule has 3 nitrogen and oxygen atoms in total. The summed E-state index contributed by atoms with van der Waals surface area (Å²) in [5, 5.41) is 0.798. The van der Waals surface area contributed by atoms with Crippen molar-refractivity contribution in [2.45, 2.75) is 11.5 Å². The van der Waals surface area contributed by atoms with E-state index in [0.29, 0.717) is 26.9 Å². The molecule has 0 aromatic heterocycles. The van der Waals surface area contributed by atoms with Crippen molar-refractivity contribution in [3.63, 3.8) is 0 Å². The van der Waals surface area contributed by atoms with Gasteiger partial charge in [-0.15, -0.1) is 0 Å². The van der Waals surface area contributed by atoms with E-state index < -0.39 is 9.84 Å². The van der Waals surface area contributed by atoms with Crippen LogP contribution >= 0.6 is 23.2 Å². The lowest BCUT2D eigenvalue weighted by molar-refractivity contribution is 0.594. The summed E-state index contributed by atoms with van der Waals surface area (Å²) < 4.78 is 24.4. The Morgan fingerprint density at radius 3 is 2.10 bits per heavy atom. The Morgan fingerprint density at radius 2 is 1.50 bits per heavy atom. The number of sulfone groups is 1. The van der Waals surface area contributed by atoms with Crippen LogP contribution in [0.3, 0.4) is 0 Å². The minimum absolute atomic E-state index is 0.118. The summed E-state index contributed by atoms with van der Waals surface area (Å²) in [5.41, 5.74) is 7.20. The van der Waals surface area contributed by atoms with Crippen LogP contribution in [-0.2, 0) is 21.3 Å². The van der Waals surface area contributed by atoms with Gasteiger partial charge in [-0.3, -0.25) is 0 Å². The molecule has 0 fully saturated rings. The first-order chi connectivity index (χ1) is 9.37. The molecule has 0 radical (unpaired) electrons. The fourth-order valence-corrected chi connectivity index (χ4v) is 3.99. The molecule has 0 amide bonds. The average Bonchev–Trinajstić information content (AvgIpc) is 2.35. The van der Waals surface area contributed by atoms with Crippen molar-refractivity contribution in [2.24, 2.45) is 0 Å². The van der Waals surface area contributed by atoms with E-state index in [1.165, 1.54) is 0 Å². The first-order valence-electron chi connectivity index (χ1n) is 5.85. The normalized spacial score (nSPS) is 11.5. The highest BCUT2D eigenvalue weighted by Crippen LogP contribution is 2.24. The molecule has 0 saturated carbocycles. The number of anilines is 1. The molecule has 106 valence electrons. The number of rotatable bonds is 4. The van der Waals surface area contributed by atoms with Crippen LogP contribution in [0.2, 0.25) is 10.0 Å². The van der Waals surface area contributed by atoms with E-state index in [1.807, 2.05) is 0 Å². The molecule has 0 aliphatic rings. The molecule has 0 unspecified atom stereocenters. The van der Waals surface area contributed by atoms with E-state index in [9.17, 15) is 8.42 Å². The summed E-state index contributed by atoms with van der Waals surface area (Å²) in [6, 6.07) is 11.7. The number of hydrogen-bond acceptors (Lipinski definition) is 3. The largest absolute Gasteiger partial charge is 0.399 e. The molecule has 2 aromatic rings. The number of hydrogen-bond donors (Lipinski definition) is 1. The van der Waals surface area contributed by atoms with Gasteiger partial charge in [0.2, 0.25) is 0 Å². The molecule has 0 saturated heterocycles. The molecule has 0 heterocycles. The van der Waals surface area contributed by atoms with Gasteiger partial charge in [0.25, 0.3) is 0 Å². The van der Waals surface area contributed by atoms with Crippen LogP contribution in [0.4, 0.5) is 5.69 Å². The van der Waals surface area contributed by atoms with E-state index in [2.05, 4.69) is 0 Å². The fourth-order valence-electron chi connectivity index (χ4n) is 1.82. The fraction of sp³-hybridized carbons (Fsp3) is 0.143. The van der Waals surface area contributed by atoms with Crippen molar-refractivity contribution < 1.29 is 8.42 Å². The minimum atomic E-state index is -3.36.